The van der Waals surface area contributed by atoms with Gasteiger partial charge < -0.3 is 25.3 Å². The molecule has 0 heterocycles. The summed E-state index contributed by atoms with van der Waals surface area (Å²) in [5.41, 5.74) is 7.39. The summed E-state index contributed by atoms with van der Waals surface area (Å²) in [5, 5.41) is 2.76. The average Bonchev–Trinajstić information content (AvgIpc) is 2.66. The standard InChI is InChI=1S/C20H24N2O5.ClH/c1-13(23)14-6-9-18(19(11-14)26-3)27-10-4-5-20(24)22-17-12-15(25-2)7-8-16(17)21;/h6-9,11-12H,4-5,10,21H2,1-3H3,(H,22,24);1H. The Kier molecular flexibility index (Phi) is 9.11. The number of anilines is 2. The van der Waals surface area contributed by atoms with Gasteiger partial charge in [0.05, 0.1) is 32.2 Å². The van der Waals surface area contributed by atoms with Crippen molar-refractivity contribution in [1.82, 2.24) is 0 Å². The molecule has 0 fully saturated rings. The summed E-state index contributed by atoms with van der Waals surface area (Å²) in [6.45, 7) is 1.82. The first-order valence-corrected chi connectivity index (χ1v) is 8.49. The van der Waals surface area contributed by atoms with E-state index >= 15 is 0 Å². The average molecular weight is 409 g/mol. The number of nitrogens with one attached hydrogen (secondary N) is 1. The molecule has 3 N–H and O–H groups in total. The molecule has 0 aliphatic rings. The van der Waals surface area contributed by atoms with E-state index in [-0.39, 0.29) is 30.5 Å². The maximum absolute atomic E-state index is 12.1. The number of nitrogens with two attached hydrogens (primary N) is 1. The number of halogens is 1. The lowest BCUT2D eigenvalue weighted by molar-refractivity contribution is -0.116. The molecule has 8 heteroatoms. The SMILES string of the molecule is COc1ccc(N)c(NC(=O)CCCOc2ccc(C(C)=O)cc2OC)c1.Cl. The van der Waals surface area contributed by atoms with E-state index in [1.165, 1.54) is 14.0 Å². The van der Waals surface area contributed by atoms with Crippen molar-refractivity contribution in [2.45, 2.75) is 19.8 Å². The number of benzene rings is 2. The largest absolute Gasteiger partial charge is 0.497 e. The van der Waals surface area contributed by atoms with Gasteiger partial charge in [-0.1, -0.05) is 0 Å². The van der Waals surface area contributed by atoms with Gasteiger partial charge in [-0.15, -0.1) is 12.4 Å². The Hall–Kier alpha value is -2.93. The predicted molar refractivity (Wildman–Crippen MR) is 111 cm³/mol. The lowest BCUT2D eigenvalue weighted by atomic mass is 10.1. The highest BCUT2D eigenvalue weighted by molar-refractivity contribution is 5.95. The first-order valence-electron chi connectivity index (χ1n) is 8.49. The van der Waals surface area contributed by atoms with Crippen molar-refractivity contribution in [3.8, 4) is 17.2 Å². The lowest BCUT2D eigenvalue weighted by Crippen LogP contribution is -2.14. The Morgan fingerprint density at radius 3 is 2.43 bits per heavy atom. The zero-order valence-electron chi connectivity index (χ0n) is 16.1. The number of ether oxygens (including phenoxy) is 3. The summed E-state index contributed by atoms with van der Waals surface area (Å²) in [4.78, 5) is 23.5. The van der Waals surface area contributed by atoms with Crippen LogP contribution in [0.2, 0.25) is 0 Å². The summed E-state index contributed by atoms with van der Waals surface area (Å²) in [5.74, 6) is 1.41. The fraction of sp³-hybridized carbons (Fsp3) is 0.300. The van der Waals surface area contributed by atoms with Crippen molar-refractivity contribution in [3.63, 3.8) is 0 Å². The Balaban J connectivity index is 0.00000392. The van der Waals surface area contributed by atoms with Gasteiger partial charge in [-0.25, -0.2) is 0 Å². The third kappa shape index (κ3) is 6.35. The minimum Gasteiger partial charge on any atom is -0.497 e. The van der Waals surface area contributed by atoms with Crippen LogP contribution in [0.25, 0.3) is 0 Å². The van der Waals surface area contributed by atoms with Crippen LogP contribution in [0.5, 0.6) is 17.2 Å². The molecule has 0 spiro atoms. The smallest absolute Gasteiger partial charge is 0.224 e. The number of amides is 1. The molecule has 0 aliphatic carbocycles. The first-order chi connectivity index (χ1) is 12.9. The van der Waals surface area contributed by atoms with Crippen molar-refractivity contribution >= 4 is 35.5 Å². The molecular weight excluding hydrogens is 384 g/mol. The van der Waals surface area contributed by atoms with Crippen LogP contribution in [0, 0.1) is 0 Å². The van der Waals surface area contributed by atoms with E-state index in [9.17, 15) is 9.59 Å². The third-order valence-electron chi connectivity index (χ3n) is 3.91. The van der Waals surface area contributed by atoms with Gasteiger partial charge in [0, 0.05) is 18.1 Å². The number of nitrogen functional groups attached to an aromatic ring is 1. The van der Waals surface area contributed by atoms with E-state index in [0.29, 0.717) is 47.2 Å². The highest BCUT2D eigenvalue weighted by atomic mass is 35.5. The van der Waals surface area contributed by atoms with Gasteiger partial charge in [0.1, 0.15) is 5.75 Å². The Morgan fingerprint density at radius 2 is 1.79 bits per heavy atom. The zero-order valence-corrected chi connectivity index (χ0v) is 16.9. The molecule has 0 saturated heterocycles. The molecule has 1 amide bonds. The van der Waals surface area contributed by atoms with Crippen molar-refractivity contribution < 1.29 is 23.8 Å². The van der Waals surface area contributed by atoms with Crippen LogP contribution in [0.15, 0.2) is 36.4 Å². The molecule has 2 rings (SSSR count). The van der Waals surface area contributed by atoms with Gasteiger partial charge in [-0.2, -0.15) is 0 Å². The Labute approximate surface area is 170 Å². The number of hydrogen-bond acceptors (Lipinski definition) is 6. The molecule has 0 aromatic heterocycles. The van der Waals surface area contributed by atoms with Gasteiger partial charge in [0.2, 0.25) is 5.91 Å². The minimum atomic E-state index is -0.169. The van der Waals surface area contributed by atoms with Crippen molar-refractivity contribution in [2.75, 3.05) is 31.9 Å². The van der Waals surface area contributed by atoms with E-state index < -0.39 is 0 Å². The fourth-order valence-corrected chi connectivity index (χ4v) is 2.40. The Bertz CT molecular complexity index is 826. The van der Waals surface area contributed by atoms with Crippen molar-refractivity contribution in [1.29, 1.82) is 0 Å². The number of methoxy groups -OCH3 is 2. The van der Waals surface area contributed by atoms with Gasteiger partial charge >= 0.3 is 0 Å². The van der Waals surface area contributed by atoms with Gasteiger partial charge in [-0.3, -0.25) is 9.59 Å². The lowest BCUT2D eigenvalue weighted by Gasteiger charge is -2.12. The van der Waals surface area contributed by atoms with Crippen LogP contribution >= 0.6 is 12.4 Å². The molecule has 152 valence electrons. The quantitative estimate of drug-likeness (QED) is 0.372. The topological polar surface area (TPSA) is 99.9 Å². The molecule has 0 unspecified atom stereocenters. The van der Waals surface area contributed by atoms with Gasteiger partial charge in [0.15, 0.2) is 17.3 Å². The van der Waals surface area contributed by atoms with Crippen LogP contribution < -0.4 is 25.3 Å². The second-order valence-corrected chi connectivity index (χ2v) is 5.88. The number of carbonyl (C=O) groups excluding carboxylic acids is 2. The van der Waals surface area contributed by atoms with Gasteiger partial charge in [-0.05, 0) is 43.7 Å². The van der Waals surface area contributed by atoms with Crippen molar-refractivity contribution in [2.24, 2.45) is 0 Å². The van der Waals surface area contributed by atoms with Crippen molar-refractivity contribution in [3.05, 3.63) is 42.0 Å². The Morgan fingerprint density at radius 1 is 1.04 bits per heavy atom. The third-order valence-corrected chi connectivity index (χ3v) is 3.91. The number of ketones is 1. The van der Waals surface area contributed by atoms with Crippen LogP contribution in [0.3, 0.4) is 0 Å². The molecule has 0 atom stereocenters. The summed E-state index contributed by atoms with van der Waals surface area (Å²) in [6.07, 6.45) is 0.776. The molecule has 0 aliphatic heterocycles. The molecule has 0 bridgehead atoms. The van der Waals surface area contributed by atoms with E-state index in [4.69, 9.17) is 19.9 Å². The number of Topliss-reactive ketones (excluding diaryl/α,β-unsaturated/α-hetero) is 1. The minimum absolute atomic E-state index is 0. The van der Waals surface area contributed by atoms with E-state index in [2.05, 4.69) is 5.32 Å². The van der Waals surface area contributed by atoms with Crippen LogP contribution in [-0.2, 0) is 4.79 Å². The van der Waals surface area contributed by atoms with E-state index in [1.54, 1.807) is 43.5 Å². The molecule has 7 nitrogen and oxygen atoms in total. The number of rotatable bonds is 9. The second-order valence-electron chi connectivity index (χ2n) is 5.88. The normalized spacial score (nSPS) is 9.82. The molecule has 0 radical (unpaired) electrons. The molecule has 2 aromatic rings. The predicted octanol–water partition coefficient (Wildman–Crippen LogP) is 3.71. The summed E-state index contributed by atoms with van der Waals surface area (Å²) in [7, 11) is 3.06. The van der Waals surface area contributed by atoms with Crippen LogP contribution in [0.1, 0.15) is 30.1 Å². The number of hydrogen-bond donors (Lipinski definition) is 2. The maximum Gasteiger partial charge on any atom is 0.224 e. The first kappa shape index (κ1) is 23.1. The molecular formula is C20H25ClN2O5. The van der Waals surface area contributed by atoms with Crippen LogP contribution in [-0.4, -0.2) is 32.5 Å². The molecule has 28 heavy (non-hydrogen) atoms. The number of carbonyl (C=O) groups is 2. The molecule has 0 saturated carbocycles. The van der Waals surface area contributed by atoms with Gasteiger partial charge in [0.25, 0.3) is 0 Å². The fourth-order valence-electron chi connectivity index (χ4n) is 2.40. The molecule has 2 aromatic carbocycles. The highest BCUT2D eigenvalue weighted by Crippen LogP contribution is 2.28. The monoisotopic (exact) mass is 408 g/mol. The van der Waals surface area contributed by atoms with E-state index in [1.807, 2.05) is 0 Å². The second kappa shape index (κ2) is 11.0. The van der Waals surface area contributed by atoms with Crippen LogP contribution in [0.4, 0.5) is 11.4 Å². The summed E-state index contributed by atoms with van der Waals surface area (Å²) < 4.78 is 16.0. The summed E-state index contributed by atoms with van der Waals surface area (Å²) in [6, 6.07) is 10.1. The summed E-state index contributed by atoms with van der Waals surface area (Å²) >= 11 is 0. The van der Waals surface area contributed by atoms with E-state index in [0.717, 1.165) is 0 Å². The zero-order chi connectivity index (χ0) is 19.8. The maximum atomic E-state index is 12.1. The highest BCUT2D eigenvalue weighted by Gasteiger charge is 2.10.